The molecule has 5 heteroatoms. The average Bonchev–Trinajstić information content (AvgIpc) is 3.02. The summed E-state index contributed by atoms with van der Waals surface area (Å²) in [5.74, 6) is -0.0972. The minimum absolute atomic E-state index is 0.126. The Kier molecular flexibility index (Phi) is 4.60. The summed E-state index contributed by atoms with van der Waals surface area (Å²) in [6.07, 6.45) is 4.88. The van der Waals surface area contributed by atoms with Gasteiger partial charge in [0.15, 0.2) is 0 Å². The van der Waals surface area contributed by atoms with Gasteiger partial charge in [-0.25, -0.2) is 4.98 Å². The Bertz CT molecular complexity index is 784. The maximum Gasteiger partial charge on any atom is 0.255 e. The van der Waals surface area contributed by atoms with E-state index in [1.165, 1.54) is 23.7 Å². The number of anilines is 2. The number of hydrogen-bond acceptors (Lipinski definition) is 3. The smallest absolute Gasteiger partial charge is 0.255 e. The van der Waals surface area contributed by atoms with Crippen molar-refractivity contribution >= 4 is 23.3 Å². The van der Waals surface area contributed by atoms with E-state index in [4.69, 9.17) is 0 Å². The van der Waals surface area contributed by atoms with Crippen molar-refractivity contribution in [1.29, 1.82) is 0 Å². The van der Waals surface area contributed by atoms with E-state index in [1.807, 2.05) is 12.1 Å². The number of hydrogen-bond donors (Lipinski definition) is 2. The van der Waals surface area contributed by atoms with Gasteiger partial charge >= 0.3 is 0 Å². The van der Waals surface area contributed by atoms with Gasteiger partial charge < -0.3 is 10.6 Å². The van der Waals surface area contributed by atoms with Crippen molar-refractivity contribution < 1.29 is 9.59 Å². The number of fused-ring (bicyclic) bond motifs is 1. The molecule has 5 nitrogen and oxygen atoms in total. The van der Waals surface area contributed by atoms with Gasteiger partial charge in [-0.15, -0.1) is 0 Å². The van der Waals surface area contributed by atoms with Crippen LogP contribution in [0.25, 0.3) is 0 Å². The molecule has 0 unspecified atom stereocenters. The molecule has 0 atom stereocenters. The molecule has 1 aliphatic rings. The Morgan fingerprint density at radius 3 is 2.62 bits per heavy atom. The highest BCUT2D eigenvalue weighted by Gasteiger charge is 2.14. The van der Waals surface area contributed by atoms with Crippen LogP contribution in [-0.4, -0.2) is 16.8 Å². The van der Waals surface area contributed by atoms with Gasteiger partial charge in [0.25, 0.3) is 5.91 Å². The zero-order chi connectivity index (χ0) is 17.1. The molecule has 124 valence electrons. The van der Waals surface area contributed by atoms with Crippen molar-refractivity contribution in [2.24, 2.45) is 5.92 Å². The lowest BCUT2D eigenvalue weighted by Crippen LogP contribution is -2.19. The van der Waals surface area contributed by atoms with E-state index in [0.29, 0.717) is 11.4 Å². The molecule has 0 aliphatic heterocycles. The van der Waals surface area contributed by atoms with Crippen molar-refractivity contribution in [3.8, 4) is 0 Å². The first-order chi connectivity index (χ1) is 11.5. The van der Waals surface area contributed by atoms with Gasteiger partial charge in [0.2, 0.25) is 5.91 Å². The van der Waals surface area contributed by atoms with Crippen LogP contribution in [0.1, 0.15) is 41.8 Å². The number of nitrogens with one attached hydrogen (secondary N) is 2. The second-order valence-electron chi connectivity index (χ2n) is 6.36. The topological polar surface area (TPSA) is 71.1 Å². The van der Waals surface area contributed by atoms with Crippen LogP contribution in [0.4, 0.5) is 11.5 Å². The Balaban J connectivity index is 1.72. The Labute approximate surface area is 141 Å². The molecule has 1 aromatic carbocycles. The van der Waals surface area contributed by atoms with E-state index >= 15 is 0 Å². The summed E-state index contributed by atoms with van der Waals surface area (Å²) in [6.45, 7) is 3.61. The van der Waals surface area contributed by atoms with E-state index in [0.717, 1.165) is 18.5 Å². The first kappa shape index (κ1) is 16.2. The van der Waals surface area contributed by atoms with Crippen molar-refractivity contribution in [3.63, 3.8) is 0 Å². The fraction of sp³-hybridized carbons (Fsp3) is 0.316. The van der Waals surface area contributed by atoms with Crippen LogP contribution in [0, 0.1) is 5.92 Å². The molecule has 2 amide bonds. The van der Waals surface area contributed by atoms with Crippen molar-refractivity contribution in [1.82, 2.24) is 4.98 Å². The molecule has 3 rings (SSSR count). The SMILES string of the molecule is CC(C)C(=O)Nc1cc(C(=O)Nc2ccc3c(c2)CCC3)ccn1. The number of carbonyl (C=O) groups is 2. The van der Waals surface area contributed by atoms with Gasteiger partial charge in [0.1, 0.15) is 5.82 Å². The number of nitrogens with zero attached hydrogens (tertiary/aromatic N) is 1. The second kappa shape index (κ2) is 6.83. The Hall–Kier alpha value is -2.69. The van der Waals surface area contributed by atoms with E-state index in [9.17, 15) is 9.59 Å². The summed E-state index contributed by atoms with van der Waals surface area (Å²) in [7, 11) is 0. The molecule has 0 fully saturated rings. The third-order valence-electron chi connectivity index (χ3n) is 4.15. The fourth-order valence-electron chi connectivity index (χ4n) is 2.76. The van der Waals surface area contributed by atoms with E-state index in [1.54, 1.807) is 26.0 Å². The highest BCUT2D eigenvalue weighted by molar-refractivity contribution is 6.05. The highest BCUT2D eigenvalue weighted by atomic mass is 16.2. The van der Waals surface area contributed by atoms with Crippen molar-refractivity contribution in [3.05, 3.63) is 53.2 Å². The molecule has 0 bridgehead atoms. The zero-order valence-electron chi connectivity index (χ0n) is 13.9. The lowest BCUT2D eigenvalue weighted by atomic mass is 10.1. The van der Waals surface area contributed by atoms with Crippen LogP contribution < -0.4 is 10.6 Å². The lowest BCUT2D eigenvalue weighted by Gasteiger charge is -2.10. The van der Waals surface area contributed by atoms with Crippen LogP contribution >= 0.6 is 0 Å². The fourth-order valence-corrected chi connectivity index (χ4v) is 2.76. The zero-order valence-corrected chi connectivity index (χ0v) is 13.9. The van der Waals surface area contributed by atoms with E-state index in [-0.39, 0.29) is 17.7 Å². The Morgan fingerprint density at radius 1 is 1.04 bits per heavy atom. The maximum absolute atomic E-state index is 12.4. The summed E-state index contributed by atoms with van der Waals surface area (Å²) < 4.78 is 0. The predicted molar refractivity (Wildman–Crippen MR) is 94.1 cm³/mol. The highest BCUT2D eigenvalue weighted by Crippen LogP contribution is 2.25. The largest absolute Gasteiger partial charge is 0.322 e. The molecule has 0 saturated carbocycles. The first-order valence-electron chi connectivity index (χ1n) is 8.23. The molecule has 1 aliphatic carbocycles. The van der Waals surface area contributed by atoms with Crippen LogP contribution in [0.15, 0.2) is 36.5 Å². The van der Waals surface area contributed by atoms with Crippen LogP contribution in [0.3, 0.4) is 0 Å². The third kappa shape index (κ3) is 3.62. The number of aryl methyl sites for hydroxylation is 2. The lowest BCUT2D eigenvalue weighted by molar-refractivity contribution is -0.118. The van der Waals surface area contributed by atoms with E-state index in [2.05, 4.69) is 21.7 Å². The van der Waals surface area contributed by atoms with Crippen LogP contribution in [0.2, 0.25) is 0 Å². The number of aromatic nitrogens is 1. The number of rotatable bonds is 4. The molecule has 0 spiro atoms. The van der Waals surface area contributed by atoms with Gasteiger partial charge in [0, 0.05) is 23.4 Å². The summed E-state index contributed by atoms with van der Waals surface area (Å²) >= 11 is 0. The van der Waals surface area contributed by atoms with Crippen molar-refractivity contribution in [2.75, 3.05) is 10.6 Å². The summed E-state index contributed by atoms with van der Waals surface area (Å²) in [5, 5.41) is 5.62. The molecule has 2 N–H and O–H groups in total. The summed E-state index contributed by atoms with van der Waals surface area (Å²) in [5.41, 5.74) is 3.94. The van der Waals surface area contributed by atoms with Gasteiger partial charge in [-0.1, -0.05) is 19.9 Å². The minimum Gasteiger partial charge on any atom is -0.322 e. The normalized spacial score (nSPS) is 12.8. The average molecular weight is 323 g/mol. The van der Waals surface area contributed by atoms with Gasteiger partial charge in [-0.3, -0.25) is 9.59 Å². The van der Waals surface area contributed by atoms with Crippen LogP contribution in [0.5, 0.6) is 0 Å². The molecule has 24 heavy (non-hydrogen) atoms. The third-order valence-corrected chi connectivity index (χ3v) is 4.15. The first-order valence-corrected chi connectivity index (χ1v) is 8.23. The molecule has 1 aromatic heterocycles. The van der Waals surface area contributed by atoms with Crippen LogP contribution in [-0.2, 0) is 17.6 Å². The number of amides is 2. The Morgan fingerprint density at radius 2 is 1.83 bits per heavy atom. The molecule has 0 saturated heterocycles. The molecule has 2 aromatic rings. The standard InChI is InChI=1S/C19H21N3O2/c1-12(2)18(23)22-17-11-15(8-9-20-17)19(24)21-16-7-6-13-4-3-5-14(13)10-16/h6-12H,3-5H2,1-2H3,(H,21,24)(H,20,22,23). The quantitative estimate of drug-likeness (QED) is 0.905. The predicted octanol–water partition coefficient (Wildman–Crippen LogP) is 3.42. The number of benzene rings is 1. The van der Waals surface area contributed by atoms with Gasteiger partial charge in [-0.2, -0.15) is 0 Å². The van der Waals surface area contributed by atoms with Crippen molar-refractivity contribution in [2.45, 2.75) is 33.1 Å². The monoisotopic (exact) mass is 323 g/mol. The number of pyridine rings is 1. The molecule has 1 heterocycles. The second-order valence-corrected chi connectivity index (χ2v) is 6.36. The van der Waals surface area contributed by atoms with E-state index < -0.39 is 0 Å². The minimum atomic E-state index is -0.213. The van der Waals surface area contributed by atoms with Gasteiger partial charge in [-0.05, 0) is 54.7 Å². The summed E-state index contributed by atoms with van der Waals surface area (Å²) in [6, 6.07) is 9.28. The molecular weight excluding hydrogens is 302 g/mol. The molecular formula is C19H21N3O2. The molecule has 0 radical (unpaired) electrons. The number of carbonyl (C=O) groups excluding carboxylic acids is 2. The maximum atomic E-state index is 12.4. The summed E-state index contributed by atoms with van der Waals surface area (Å²) in [4.78, 5) is 28.3. The van der Waals surface area contributed by atoms with Gasteiger partial charge in [0.05, 0.1) is 0 Å².